The predicted octanol–water partition coefficient (Wildman–Crippen LogP) is 2.59. The normalized spacial score (nSPS) is 23.7. The second kappa shape index (κ2) is 5.99. The van der Waals surface area contributed by atoms with Crippen LogP contribution in [0.25, 0.3) is 10.8 Å². The summed E-state index contributed by atoms with van der Waals surface area (Å²) in [6.45, 7) is 3.08. The maximum Gasteiger partial charge on any atom is 0.243 e. The van der Waals surface area contributed by atoms with Gasteiger partial charge in [-0.3, -0.25) is 0 Å². The standard InChI is InChI=1S/C17H22N2O2S/c1-13-9-10-19(15(11-13)12-18)22(20,21)17-8-4-6-14-5-2-3-7-16(14)17/h2-8,13,15H,9-12,18H2,1H3. The Morgan fingerprint density at radius 2 is 1.91 bits per heavy atom. The van der Waals surface area contributed by atoms with Crippen molar-refractivity contribution >= 4 is 20.8 Å². The number of fused-ring (bicyclic) bond motifs is 1. The summed E-state index contributed by atoms with van der Waals surface area (Å²) in [4.78, 5) is 0.388. The molecule has 2 unspecified atom stereocenters. The molecule has 2 aromatic carbocycles. The van der Waals surface area contributed by atoms with Crippen LogP contribution in [-0.4, -0.2) is 31.9 Å². The van der Waals surface area contributed by atoms with Crippen molar-refractivity contribution in [2.75, 3.05) is 13.1 Å². The highest BCUT2D eigenvalue weighted by Gasteiger charge is 2.35. The van der Waals surface area contributed by atoms with Gasteiger partial charge in [0.05, 0.1) is 4.90 Å². The highest BCUT2D eigenvalue weighted by atomic mass is 32.2. The second-order valence-electron chi connectivity index (χ2n) is 6.11. The van der Waals surface area contributed by atoms with Crippen LogP contribution >= 0.6 is 0 Å². The fourth-order valence-corrected chi connectivity index (χ4v) is 5.18. The van der Waals surface area contributed by atoms with Crippen LogP contribution in [0.2, 0.25) is 0 Å². The van der Waals surface area contributed by atoms with Crippen LogP contribution in [0, 0.1) is 5.92 Å². The number of hydrogen-bond acceptors (Lipinski definition) is 3. The van der Waals surface area contributed by atoms with Gasteiger partial charge in [-0.05, 0) is 30.2 Å². The highest BCUT2D eigenvalue weighted by molar-refractivity contribution is 7.89. The average molecular weight is 318 g/mol. The molecule has 1 aliphatic rings. The molecule has 1 fully saturated rings. The molecule has 5 heteroatoms. The van der Waals surface area contributed by atoms with E-state index < -0.39 is 10.0 Å². The quantitative estimate of drug-likeness (QED) is 0.946. The highest BCUT2D eigenvalue weighted by Crippen LogP contribution is 2.31. The van der Waals surface area contributed by atoms with Gasteiger partial charge in [0.2, 0.25) is 10.0 Å². The molecule has 3 rings (SSSR count). The van der Waals surface area contributed by atoms with E-state index in [2.05, 4.69) is 6.92 Å². The van der Waals surface area contributed by atoms with Crippen LogP contribution in [0.1, 0.15) is 19.8 Å². The molecule has 0 bridgehead atoms. The molecule has 2 N–H and O–H groups in total. The molecule has 1 heterocycles. The van der Waals surface area contributed by atoms with Crippen LogP contribution < -0.4 is 5.73 Å². The third-order valence-electron chi connectivity index (χ3n) is 4.53. The summed E-state index contributed by atoms with van der Waals surface area (Å²) in [7, 11) is -3.52. The van der Waals surface area contributed by atoms with Gasteiger partial charge in [0.15, 0.2) is 0 Å². The van der Waals surface area contributed by atoms with E-state index in [1.807, 2.05) is 30.3 Å². The zero-order valence-corrected chi connectivity index (χ0v) is 13.6. The number of sulfonamides is 1. The van der Waals surface area contributed by atoms with Gasteiger partial charge < -0.3 is 5.73 Å². The van der Waals surface area contributed by atoms with E-state index in [9.17, 15) is 8.42 Å². The van der Waals surface area contributed by atoms with Gasteiger partial charge in [-0.1, -0.05) is 43.3 Å². The van der Waals surface area contributed by atoms with Crippen LogP contribution in [0.4, 0.5) is 0 Å². The molecule has 2 atom stereocenters. The molecule has 0 amide bonds. The zero-order chi connectivity index (χ0) is 15.7. The van der Waals surface area contributed by atoms with E-state index >= 15 is 0 Å². The minimum absolute atomic E-state index is 0.104. The van der Waals surface area contributed by atoms with Crippen LogP contribution in [-0.2, 0) is 10.0 Å². The summed E-state index contributed by atoms with van der Waals surface area (Å²) in [5, 5.41) is 1.72. The third kappa shape index (κ3) is 2.64. The molecule has 2 aromatic rings. The molecule has 22 heavy (non-hydrogen) atoms. The Kier molecular flexibility index (Phi) is 4.21. The summed E-state index contributed by atoms with van der Waals surface area (Å²) >= 11 is 0. The van der Waals surface area contributed by atoms with E-state index in [-0.39, 0.29) is 6.04 Å². The molecule has 0 aliphatic carbocycles. The first kappa shape index (κ1) is 15.5. The largest absolute Gasteiger partial charge is 0.329 e. The lowest BCUT2D eigenvalue weighted by molar-refractivity contribution is 0.211. The molecule has 0 spiro atoms. The van der Waals surface area contributed by atoms with E-state index in [0.717, 1.165) is 23.6 Å². The number of rotatable bonds is 3. The topological polar surface area (TPSA) is 63.4 Å². The van der Waals surface area contributed by atoms with Crippen molar-refractivity contribution in [2.45, 2.75) is 30.7 Å². The maximum absolute atomic E-state index is 13.1. The monoisotopic (exact) mass is 318 g/mol. The van der Waals surface area contributed by atoms with E-state index in [4.69, 9.17) is 5.73 Å². The first-order valence-corrected chi connectivity index (χ1v) is 9.17. The second-order valence-corrected chi connectivity index (χ2v) is 7.97. The van der Waals surface area contributed by atoms with Gasteiger partial charge in [0.25, 0.3) is 0 Å². The van der Waals surface area contributed by atoms with Crippen molar-refractivity contribution in [3.05, 3.63) is 42.5 Å². The third-order valence-corrected chi connectivity index (χ3v) is 6.54. The summed E-state index contributed by atoms with van der Waals surface area (Å²) < 4.78 is 27.9. The van der Waals surface area contributed by atoms with Crippen LogP contribution in [0.5, 0.6) is 0 Å². The fourth-order valence-electron chi connectivity index (χ4n) is 3.31. The Morgan fingerprint density at radius 3 is 2.68 bits per heavy atom. The fraction of sp³-hybridized carbons (Fsp3) is 0.412. The molecule has 0 radical (unpaired) electrons. The zero-order valence-electron chi connectivity index (χ0n) is 12.8. The van der Waals surface area contributed by atoms with Crippen molar-refractivity contribution in [3.63, 3.8) is 0 Å². The van der Waals surface area contributed by atoms with Gasteiger partial charge >= 0.3 is 0 Å². The minimum atomic E-state index is -3.52. The number of nitrogens with zero attached hydrogens (tertiary/aromatic N) is 1. The predicted molar refractivity (Wildman–Crippen MR) is 89.1 cm³/mol. The molecular formula is C17H22N2O2S. The lowest BCUT2D eigenvalue weighted by Crippen LogP contribution is -2.49. The Bertz CT molecular complexity index is 768. The van der Waals surface area contributed by atoms with E-state index in [1.165, 1.54) is 0 Å². The Hall–Kier alpha value is -1.43. The molecule has 0 saturated carbocycles. The summed E-state index contributed by atoms with van der Waals surface area (Å²) in [5.74, 6) is 0.521. The Morgan fingerprint density at radius 1 is 1.18 bits per heavy atom. The molecule has 118 valence electrons. The van der Waals surface area contributed by atoms with Gasteiger partial charge in [-0.2, -0.15) is 4.31 Å². The Labute approximate surface area is 132 Å². The molecular weight excluding hydrogens is 296 g/mol. The molecule has 1 saturated heterocycles. The minimum Gasteiger partial charge on any atom is -0.329 e. The number of piperidine rings is 1. The maximum atomic E-state index is 13.1. The first-order valence-electron chi connectivity index (χ1n) is 7.73. The number of nitrogens with two attached hydrogens (primary N) is 1. The smallest absolute Gasteiger partial charge is 0.243 e. The van der Waals surface area contributed by atoms with Crippen LogP contribution in [0.15, 0.2) is 47.4 Å². The van der Waals surface area contributed by atoms with Crippen molar-refractivity contribution in [3.8, 4) is 0 Å². The van der Waals surface area contributed by atoms with Crippen molar-refractivity contribution < 1.29 is 8.42 Å². The van der Waals surface area contributed by atoms with Gasteiger partial charge in [-0.25, -0.2) is 8.42 Å². The lowest BCUT2D eigenvalue weighted by Gasteiger charge is -2.37. The number of benzene rings is 2. The summed E-state index contributed by atoms with van der Waals surface area (Å²) in [6, 6.07) is 12.9. The van der Waals surface area contributed by atoms with E-state index in [0.29, 0.717) is 23.9 Å². The summed E-state index contributed by atoms with van der Waals surface area (Å²) in [6.07, 6.45) is 1.72. The SMILES string of the molecule is CC1CCN(S(=O)(=O)c2cccc3ccccc23)C(CN)C1. The van der Waals surface area contributed by atoms with Gasteiger partial charge in [-0.15, -0.1) is 0 Å². The van der Waals surface area contributed by atoms with Gasteiger partial charge in [0, 0.05) is 24.5 Å². The summed E-state index contributed by atoms with van der Waals surface area (Å²) in [5.41, 5.74) is 5.84. The lowest BCUT2D eigenvalue weighted by atomic mass is 9.94. The Balaban J connectivity index is 2.08. The molecule has 1 aliphatic heterocycles. The van der Waals surface area contributed by atoms with Crippen molar-refractivity contribution in [1.82, 2.24) is 4.31 Å². The van der Waals surface area contributed by atoms with Crippen LogP contribution in [0.3, 0.4) is 0 Å². The molecule has 4 nitrogen and oxygen atoms in total. The van der Waals surface area contributed by atoms with Crippen molar-refractivity contribution in [2.24, 2.45) is 11.7 Å². The first-order chi connectivity index (χ1) is 10.5. The number of hydrogen-bond donors (Lipinski definition) is 1. The van der Waals surface area contributed by atoms with Gasteiger partial charge in [0.1, 0.15) is 0 Å². The van der Waals surface area contributed by atoms with Crippen molar-refractivity contribution in [1.29, 1.82) is 0 Å². The molecule has 0 aromatic heterocycles. The average Bonchev–Trinajstić information content (AvgIpc) is 2.53. The van der Waals surface area contributed by atoms with E-state index in [1.54, 1.807) is 16.4 Å².